The fraction of sp³-hybridized carbons (Fsp3) is 0.444. The summed E-state index contributed by atoms with van der Waals surface area (Å²) < 4.78 is 5.70. The van der Waals surface area contributed by atoms with E-state index in [0.717, 1.165) is 61.3 Å². The maximum atomic E-state index is 6.45. The van der Waals surface area contributed by atoms with Gasteiger partial charge in [0.25, 0.3) is 0 Å². The summed E-state index contributed by atoms with van der Waals surface area (Å²) in [4.78, 5) is 23.2. The van der Waals surface area contributed by atoms with Crippen LogP contribution < -0.4 is 25.6 Å². The van der Waals surface area contributed by atoms with E-state index in [1.165, 1.54) is 5.69 Å². The second-order valence-corrected chi connectivity index (χ2v) is 10.6. The molecular formula is C27H37N9O. The molecule has 0 radical (unpaired) electrons. The van der Waals surface area contributed by atoms with Crippen molar-refractivity contribution < 1.29 is 4.74 Å². The van der Waals surface area contributed by atoms with Crippen LogP contribution in [-0.4, -0.2) is 92.8 Å². The van der Waals surface area contributed by atoms with Crippen LogP contribution in [-0.2, 0) is 5.41 Å². The molecule has 2 aromatic heterocycles. The van der Waals surface area contributed by atoms with Crippen LogP contribution in [0.1, 0.15) is 11.4 Å². The average molecular weight is 504 g/mol. The van der Waals surface area contributed by atoms with E-state index in [1.807, 2.05) is 25.2 Å². The van der Waals surface area contributed by atoms with Crippen LogP contribution in [0.25, 0.3) is 0 Å². The zero-order valence-corrected chi connectivity index (χ0v) is 22.6. The molecule has 10 heteroatoms. The number of nitrogen functional groups attached to an aromatic ring is 1. The van der Waals surface area contributed by atoms with Crippen molar-refractivity contribution in [2.75, 3.05) is 88.9 Å². The summed E-state index contributed by atoms with van der Waals surface area (Å²) in [6.07, 6.45) is 1.78. The molecule has 2 aliphatic heterocycles. The van der Waals surface area contributed by atoms with Gasteiger partial charge in [-0.25, -0.2) is 4.98 Å². The van der Waals surface area contributed by atoms with E-state index in [2.05, 4.69) is 70.1 Å². The number of likely N-dealkylation sites (tertiary alicyclic amines) is 1. The van der Waals surface area contributed by atoms with Gasteiger partial charge in [-0.05, 0) is 52.3 Å². The molecule has 2 aliphatic rings. The zero-order valence-electron chi connectivity index (χ0n) is 22.6. The molecule has 3 N–H and O–H groups in total. The van der Waals surface area contributed by atoms with Gasteiger partial charge in [0.15, 0.2) is 0 Å². The van der Waals surface area contributed by atoms with Gasteiger partial charge in [-0.3, -0.25) is 4.98 Å². The van der Waals surface area contributed by atoms with Crippen molar-refractivity contribution in [3.63, 3.8) is 0 Å². The van der Waals surface area contributed by atoms with Crippen LogP contribution in [0.15, 0.2) is 36.5 Å². The molecule has 3 aromatic rings. The molecule has 1 aromatic carbocycles. The SMILES string of the molecule is COc1cc(N(C)CCN(C)C)c(N)cc1Nc1nccc(N2CC3(CN(C)C3)c3nc(C)ccc32)n1. The molecule has 196 valence electrons. The van der Waals surface area contributed by atoms with Gasteiger partial charge in [0.1, 0.15) is 11.6 Å². The molecule has 1 saturated heterocycles. The number of anilines is 6. The summed E-state index contributed by atoms with van der Waals surface area (Å²) in [5.74, 6) is 2.00. The van der Waals surface area contributed by atoms with Gasteiger partial charge in [-0.2, -0.15) is 4.98 Å². The molecule has 0 unspecified atom stereocenters. The van der Waals surface area contributed by atoms with E-state index in [4.69, 9.17) is 20.4 Å². The van der Waals surface area contributed by atoms with Crippen molar-refractivity contribution in [3.8, 4) is 5.75 Å². The predicted molar refractivity (Wildman–Crippen MR) is 150 cm³/mol. The van der Waals surface area contributed by atoms with Crippen molar-refractivity contribution >= 4 is 34.5 Å². The van der Waals surface area contributed by atoms with E-state index in [9.17, 15) is 0 Å². The Hall–Kier alpha value is -3.63. The number of ether oxygens (including phenoxy) is 1. The molecule has 0 aliphatic carbocycles. The lowest BCUT2D eigenvalue weighted by Crippen LogP contribution is -2.59. The Labute approximate surface area is 219 Å². The Bertz CT molecular complexity index is 1290. The van der Waals surface area contributed by atoms with Crippen LogP contribution in [0, 0.1) is 6.92 Å². The molecular weight excluding hydrogens is 466 g/mol. The molecule has 4 heterocycles. The molecule has 0 bridgehead atoms. The van der Waals surface area contributed by atoms with Gasteiger partial charge >= 0.3 is 0 Å². The van der Waals surface area contributed by atoms with Crippen LogP contribution in [0.4, 0.5) is 34.5 Å². The molecule has 1 fully saturated rings. The first-order valence-electron chi connectivity index (χ1n) is 12.6. The van der Waals surface area contributed by atoms with E-state index >= 15 is 0 Å². The van der Waals surface area contributed by atoms with Crippen molar-refractivity contribution in [1.82, 2.24) is 24.8 Å². The van der Waals surface area contributed by atoms with Gasteiger partial charge in [0, 0.05) is 57.7 Å². The topological polar surface area (TPSA) is 98.9 Å². The van der Waals surface area contributed by atoms with Crippen LogP contribution >= 0.6 is 0 Å². The quantitative estimate of drug-likeness (QED) is 0.447. The number of aryl methyl sites for hydroxylation is 1. The highest BCUT2D eigenvalue weighted by Crippen LogP contribution is 2.47. The molecule has 1 spiro atoms. The van der Waals surface area contributed by atoms with Gasteiger partial charge in [0.2, 0.25) is 5.95 Å². The largest absolute Gasteiger partial charge is 0.494 e. The van der Waals surface area contributed by atoms with E-state index in [0.29, 0.717) is 17.4 Å². The minimum absolute atomic E-state index is 0.0424. The number of aromatic nitrogens is 3. The smallest absolute Gasteiger partial charge is 0.229 e. The lowest BCUT2D eigenvalue weighted by molar-refractivity contribution is 0.104. The van der Waals surface area contributed by atoms with Gasteiger partial charge in [-0.1, -0.05) is 0 Å². The van der Waals surface area contributed by atoms with Crippen LogP contribution in [0.2, 0.25) is 0 Å². The first-order valence-corrected chi connectivity index (χ1v) is 12.6. The Morgan fingerprint density at radius 2 is 1.86 bits per heavy atom. The number of nitrogens with zero attached hydrogens (tertiary/aromatic N) is 7. The second-order valence-electron chi connectivity index (χ2n) is 10.6. The Morgan fingerprint density at radius 3 is 2.57 bits per heavy atom. The summed E-state index contributed by atoms with van der Waals surface area (Å²) in [6.45, 7) is 6.66. The van der Waals surface area contributed by atoms with E-state index < -0.39 is 0 Å². The molecule has 0 atom stereocenters. The number of nitrogens with two attached hydrogens (primary N) is 1. The summed E-state index contributed by atoms with van der Waals surface area (Å²) in [5, 5.41) is 3.33. The number of methoxy groups -OCH3 is 1. The monoisotopic (exact) mass is 503 g/mol. The molecule has 0 amide bonds. The molecule has 0 saturated carbocycles. The number of hydrogen-bond acceptors (Lipinski definition) is 10. The number of benzene rings is 1. The average Bonchev–Trinajstić information content (AvgIpc) is 3.17. The standard InChI is InChI=1S/C27H37N9O/c1-18-7-8-21-25(30-18)27(15-34(4)16-27)17-36(21)24-9-10-29-26(32-24)31-20-13-19(28)22(14-23(20)37-6)35(5)12-11-33(2)3/h7-10,13-14H,11-12,15-17,28H2,1-6H3,(H,29,31,32). The zero-order chi connectivity index (χ0) is 26.3. The van der Waals surface area contributed by atoms with Crippen molar-refractivity contribution in [2.24, 2.45) is 0 Å². The highest BCUT2D eigenvalue weighted by molar-refractivity contribution is 5.79. The lowest BCUT2D eigenvalue weighted by atomic mass is 9.78. The van der Waals surface area contributed by atoms with Crippen LogP contribution in [0.3, 0.4) is 0 Å². The predicted octanol–water partition coefficient (Wildman–Crippen LogP) is 2.85. The number of likely N-dealkylation sites (N-methyl/N-ethyl adjacent to an activating group) is 3. The summed E-state index contributed by atoms with van der Waals surface area (Å²) >= 11 is 0. The molecule has 10 nitrogen and oxygen atoms in total. The fourth-order valence-corrected chi connectivity index (χ4v) is 5.39. The number of nitrogens with one attached hydrogen (secondary N) is 1. The Balaban J connectivity index is 1.41. The fourth-order valence-electron chi connectivity index (χ4n) is 5.39. The van der Waals surface area contributed by atoms with E-state index in [-0.39, 0.29) is 5.41 Å². The summed E-state index contributed by atoms with van der Waals surface area (Å²) in [6, 6.07) is 10.0. The molecule has 37 heavy (non-hydrogen) atoms. The third kappa shape index (κ3) is 4.74. The summed E-state index contributed by atoms with van der Waals surface area (Å²) in [5.41, 5.74) is 12.1. The normalized spacial score (nSPS) is 16.1. The van der Waals surface area contributed by atoms with Crippen LogP contribution in [0.5, 0.6) is 5.75 Å². The van der Waals surface area contributed by atoms with Crippen molar-refractivity contribution in [2.45, 2.75) is 12.3 Å². The second kappa shape index (κ2) is 9.68. The maximum absolute atomic E-state index is 6.45. The third-order valence-electron chi connectivity index (χ3n) is 7.22. The highest BCUT2D eigenvalue weighted by atomic mass is 16.5. The van der Waals surface area contributed by atoms with E-state index in [1.54, 1.807) is 13.3 Å². The number of pyridine rings is 1. The van der Waals surface area contributed by atoms with Crippen molar-refractivity contribution in [3.05, 3.63) is 47.9 Å². The minimum atomic E-state index is 0.0424. The minimum Gasteiger partial charge on any atom is -0.494 e. The highest BCUT2D eigenvalue weighted by Gasteiger charge is 2.51. The third-order valence-corrected chi connectivity index (χ3v) is 7.22. The molecule has 5 rings (SSSR count). The maximum Gasteiger partial charge on any atom is 0.229 e. The van der Waals surface area contributed by atoms with Gasteiger partial charge < -0.3 is 35.4 Å². The first-order chi connectivity index (χ1) is 17.7. The first kappa shape index (κ1) is 25.0. The lowest BCUT2D eigenvalue weighted by Gasteiger charge is -2.45. The van der Waals surface area contributed by atoms with Gasteiger partial charge in [-0.15, -0.1) is 0 Å². The number of hydrogen-bond donors (Lipinski definition) is 2. The Kier molecular flexibility index (Phi) is 6.55. The number of rotatable bonds is 8. The van der Waals surface area contributed by atoms with Gasteiger partial charge in [0.05, 0.1) is 41.0 Å². The Morgan fingerprint density at radius 1 is 1.08 bits per heavy atom. The summed E-state index contributed by atoms with van der Waals surface area (Å²) in [7, 11) is 9.96. The number of fused-ring (bicyclic) bond motifs is 2. The van der Waals surface area contributed by atoms with Crippen molar-refractivity contribution in [1.29, 1.82) is 0 Å².